The van der Waals surface area contributed by atoms with Crippen molar-refractivity contribution in [2.45, 2.75) is 6.92 Å². The van der Waals surface area contributed by atoms with E-state index in [9.17, 15) is 19.7 Å². The SMILES string of the molecule is Cc1ccc(NC(=O)COc2ccc(Cl)cc2/C=N/NC(=O)c2cccc([N+](=O)[O-])c2)cc1Cl. The van der Waals surface area contributed by atoms with Gasteiger partial charge in [-0.25, -0.2) is 5.43 Å². The second kappa shape index (κ2) is 11.3. The van der Waals surface area contributed by atoms with Gasteiger partial charge < -0.3 is 10.1 Å². The van der Waals surface area contributed by atoms with Crippen molar-refractivity contribution < 1.29 is 19.2 Å². The number of halogens is 2. The number of nitro groups is 1. The van der Waals surface area contributed by atoms with Crippen molar-refractivity contribution in [3.8, 4) is 5.75 Å². The maximum atomic E-state index is 12.3. The quantitative estimate of drug-likeness (QED) is 0.256. The fraction of sp³-hybridized carbons (Fsp3) is 0.0870. The van der Waals surface area contributed by atoms with E-state index in [1.165, 1.54) is 30.5 Å². The summed E-state index contributed by atoms with van der Waals surface area (Å²) in [4.78, 5) is 34.7. The van der Waals surface area contributed by atoms with Gasteiger partial charge in [-0.15, -0.1) is 0 Å². The van der Waals surface area contributed by atoms with Crippen LogP contribution in [0.2, 0.25) is 10.0 Å². The van der Waals surface area contributed by atoms with Crippen molar-refractivity contribution in [2.24, 2.45) is 5.10 Å². The molecule has 0 atom stereocenters. The Kier molecular flexibility index (Phi) is 8.18. The summed E-state index contributed by atoms with van der Waals surface area (Å²) in [5.74, 6) is -0.743. The number of carbonyl (C=O) groups excluding carboxylic acids is 2. The highest BCUT2D eigenvalue weighted by molar-refractivity contribution is 6.31. The molecular formula is C23H18Cl2N4O5. The third-order valence-electron chi connectivity index (χ3n) is 4.48. The van der Waals surface area contributed by atoms with Gasteiger partial charge in [0.15, 0.2) is 6.61 Å². The number of rotatable bonds is 8. The minimum Gasteiger partial charge on any atom is -0.483 e. The topological polar surface area (TPSA) is 123 Å². The number of anilines is 1. The lowest BCUT2D eigenvalue weighted by atomic mass is 10.2. The molecule has 3 aromatic carbocycles. The number of hydrogen-bond acceptors (Lipinski definition) is 6. The Labute approximate surface area is 204 Å². The maximum Gasteiger partial charge on any atom is 0.271 e. The fourth-order valence-corrected chi connectivity index (χ4v) is 3.11. The summed E-state index contributed by atoms with van der Waals surface area (Å²) in [6.45, 7) is 1.56. The smallest absolute Gasteiger partial charge is 0.271 e. The van der Waals surface area contributed by atoms with Gasteiger partial charge in [0.25, 0.3) is 17.5 Å². The number of nitrogens with one attached hydrogen (secondary N) is 2. The molecule has 2 N–H and O–H groups in total. The molecule has 3 aromatic rings. The largest absolute Gasteiger partial charge is 0.483 e. The Morgan fingerprint density at radius 1 is 1.12 bits per heavy atom. The molecular weight excluding hydrogens is 483 g/mol. The molecule has 174 valence electrons. The van der Waals surface area contributed by atoms with E-state index >= 15 is 0 Å². The first-order valence-electron chi connectivity index (χ1n) is 9.79. The van der Waals surface area contributed by atoms with Gasteiger partial charge in [0.1, 0.15) is 5.75 Å². The molecule has 0 aliphatic heterocycles. The van der Waals surface area contributed by atoms with Crippen LogP contribution in [0.3, 0.4) is 0 Å². The van der Waals surface area contributed by atoms with Crippen molar-refractivity contribution in [3.63, 3.8) is 0 Å². The Balaban J connectivity index is 1.63. The molecule has 0 heterocycles. The summed E-state index contributed by atoms with van der Waals surface area (Å²) in [6.07, 6.45) is 1.29. The molecule has 0 aliphatic rings. The first-order chi connectivity index (χ1) is 16.2. The molecule has 0 unspecified atom stereocenters. The highest BCUT2D eigenvalue weighted by Crippen LogP contribution is 2.22. The zero-order valence-electron chi connectivity index (χ0n) is 17.7. The lowest BCUT2D eigenvalue weighted by molar-refractivity contribution is -0.384. The van der Waals surface area contributed by atoms with E-state index in [-0.39, 0.29) is 17.9 Å². The van der Waals surface area contributed by atoms with E-state index in [0.29, 0.717) is 27.0 Å². The molecule has 0 fully saturated rings. The van der Waals surface area contributed by atoms with Crippen LogP contribution >= 0.6 is 23.2 Å². The number of hydrazone groups is 1. The maximum absolute atomic E-state index is 12.3. The molecule has 0 aromatic heterocycles. The molecule has 0 radical (unpaired) electrons. The number of ether oxygens (including phenoxy) is 1. The molecule has 0 aliphatic carbocycles. The first-order valence-corrected chi connectivity index (χ1v) is 10.5. The van der Waals surface area contributed by atoms with Crippen molar-refractivity contribution >= 4 is 52.6 Å². The number of nitro benzene ring substituents is 1. The minimum absolute atomic E-state index is 0.0711. The van der Waals surface area contributed by atoms with Crippen molar-refractivity contribution in [3.05, 3.63) is 97.5 Å². The third kappa shape index (κ3) is 6.77. The molecule has 3 rings (SSSR count). The molecule has 11 heteroatoms. The standard InChI is InChI=1S/C23H18Cl2N4O5/c1-14-5-7-18(11-20(14)25)27-22(30)13-34-21-8-6-17(24)9-16(21)12-26-28-23(31)15-3-2-4-19(10-15)29(32)33/h2-12H,13H2,1H3,(H,27,30)(H,28,31)/b26-12+. The van der Waals surface area contributed by atoms with Gasteiger partial charge in [-0.3, -0.25) is 19.7 Å². The van der Waals surface area contributed by atoms with Crippen LogP contribution in [0.1, 0.15) is 21.5 Å². The molecule has 0 saturated carbocycles. The highest BCUT2D eigenvalue weighted by atomic mass is 35.5. The van der Waals surface area contributed by atoms with E-state index in [0.717, 1.165) is 11.6 Å². The second-order valence-electron chi connectivity index (χ2n) is 6.99. The normalized spacial score (nSPS) is 10.7. The van der Waals surface area contributed by atoms with Crippen LogP contribution in [0.25, 0.3) is 0 Å². The predicted molar refractivity (Wildman–Crippen MR) is 130 cm³/mol. The molecule has 34 heavy (non-hydrogen) atoms. The number of benzene rings is 3. The van der Waals surface area contributed by atoms with E-state index < -0.39 is 16.7 Å². The number of hydrogen-bond donors (Lipinski definition) is 2. The monoisotopic (exact) mass is 500 g/mol. The van der Waals surface area contributed by atoms with Gasteiger partial charge >= 0.3 is 0 Å². The summed E-state index contributed by atoms with van der Waals surface area (Å²) in [6, 6.07) is 15.1. The molecule has 9 nitrogen and oxygen atoms in total. The Bertz CT molecular complexity index is 1280. The van der Waals surface area contributed by atoms with E-state index in [1.807, 2.05) is 6.92 Å². The van der Waals surface area contributed by atoms with Crippen molar-refractivity contribution in [1.82, 2.24) is 5.43 Å². The van der Waals surface area contributed by atoms with Gasteiger partial charge in [-0.1, -0.05) is 35.3 Å². The van der Waals surface area contributed by atoms with Gasteiger partial charge in [0, 0.05) is 39.0 Å². The second-order valence-corrected chi connectivity index (χ2v) is 7.83. The van der Waals surface area contributed by atoms with Gasteiger partial charge in [-0.2, -0.15) is 5.10 Å². The first kappa shape index (κ1) is 24.7. The Hall–Kier alpha value is -3.95. The fourth-order valence-electron chi connectivity index (χ4n) is 2.75. The lowest BCUT2D eigenvalue weighted by Gasteiger charge is -2.10. The Morgan fingerprint density at radius 3 is 2.65 bits per heavy atom. The number of amides is 2. The summed E-state index contributed by atoms with van der Waals surface area (Å²) in [5, 5.41) is 18.3. The average Bonchev–Trinajstić information content (AvgIpc) is 2.81. The summed E-state index contributed by atoms with van der Waals surface area (Å²) in [5.41, 5.74) is 3.96. The van der Waals surface area contributed by atoms with Gasteiger partial charge in [0.05, 0.1) is 11.1 Å². The van der Waals surface area contributed by atoms with Crippen LogP contribution in [0.5, 0.6) is 5.75 Å². The van der Waals surface area contributed by atoms with Crippen LogP contribution < -0.4 is 15.5 Å². The van der Waals surface area contributed by atoms with Crippen molar-refractivity contribution in [2.75, 3.05) is 11.9 Å². The average molecular weight is 501 g/mol. The molecule has 0 saturated heterocycles. The van der Waals surface area contributed by atoms with Crippen molar-refractivity contribution in [1.29, 1.82) is 0 Å². The van der Waals surface area contributed by atoms with Crippen LogP contribution in [-0.2, 0) is 4.79 Å². The third-order valence-corrected chi connectivity index (χ3v) is 5.12. The van der Waals surface area contributed by atoms with Crippen LogP contribution in [-0.4, -0.2) is 29.6 Å². The number of aryl methyl sites for hydroxylation is 1. The predicted octanol–water partition coefficient (Wildman–Crippen LogP) is 4.99. The summed E-state index contributed by atoms with van der Waals surface area (Å²) in [7, 11) is 0. The molecule has 0 bridgehead atoms. The highest BCUT2D eigenvalue weighted by Gasteiger charge is 2.11. The number of non-ortho nitro benzene ring substituents is 1. The minimum atomic E-state index is -0.638. The van der Waals surface area contributed by atoms with E-state index in [1.54, 1.807) is 30.3 Å². The Morgan fingerprint density at radius 2 is 1.91 bits per heavy atom. The zero-order valence-corrected chi connectivity index (χ0v) is 19.3. The number of carbonyl (C=O) groups is 2. The lowest BCUT2D eigenvalue weighted by Crippen LogP contribution is -2.20. The summed E-state index contributed by atoms with van der Waals surface area (Å²) >= 11 is 12.1. The molecule has 2 amide bonds. The van der Waals surface area contributed by atoms with Crippen LogP contribution in [0.4, 0.5) is 11.4 Å². The van der Waals surface area contributed by atoms with Crippen LogP contribution in [0.15, 0.2) is 65.8 Å². The summed E-state index contributed by atoms with van der Waals surface area (Å²) < 4.78 is 5.58. The van der Waals surface area contributed by atoms with E-state index in [4.69, 9.17) is 27.9 Å². The van der Waals surface area contributed by atoms with Gasteiger partial charge in [0.2, 0.25) is 0 Å². The molecule has 0 spiro atoms. The van der Waals surface area contributed by atoms with E-state index in [2.05, 4.69) is 15.8 Å². The number of nitrogens with zero attached hydrogens (tertiary/aromatic N) is 2. The van der Waals surface area contributed by atoms with Gasteiger partial charge in [-0.05, 0) is 48.9 Å². The zero-order chi connectivity index (χ0) is 24.7. The van der Waals surface area contributed by atoms with Crippen LogP contribution in [0, 0.1) is 17.0 Å².